The molecule has 0 saturated heterocycles. The number of benzene rings is 1. The molecule has 0 aromatic heterocycles. The van der Waals surface area contributed by atoms with Gasteiger partial charge in [-0.1, -0.05) is 6.07 Å². The number of aliphatic carboxylic acids is 1. The van der Waals surface area contributed by atoms with Crippen molar-refractivity contribution in [2.75, 3.05) is 13.1 Å². The minimum absolute atomic E-state index is 0. The average molecular weight is 334 g/mol. The summed E-state index contributed by atoms with van der Waals surface area (Å²) in [5.74, 6) is -1.12. The molecule has 8 nitrogen and oxygen atoms in total. The van der Waals surface area contributed by atoms with Crippen molar-refractivity contribution in [2.45, 2.75) is 25.3 Å². The van der Waals surface area contributed by atoms with Crippen molar-refractivity contribution >= 4 is 41.5 Å². The van der Waals surface area contributed by atoms with Gasteiger partial charge in [0.05, 0.1) is 0 Å². The van der Waals surface area contributed by atoms with Crippen LogP contribution in [-0.2, 0) is 11.2 Å². The van der Waals surface area contributed by atoms with Crippen LogP contribution in [0.5, 0.6) is 11.5 Å². The molecular weight excluding hydrogens is 311 g/mol. The van der Waals surface area contributed by atoms with Crippen LogP contribution in [0.25, 0.3) is 0 Å². The first-order valence-corrected chi connectivity index (χ1v) is 6.95. The van der Waals surface area contributed by atoms with Gasteiger partial charge in [0.15, 0.2) is 5.96 Å². The molecule has 1 atom stereocenters. The van der Waals surface area contributed by atoms with E-state index in [1.54, 1.807) is 6.07 Å². The molecule has 0 aliphatic carbocycles. The number of carbonyl (C=O) groups is 1. The van der Waals surface area contributed by atoms with Gasteiger partial charge in [-0.25, -0.2) is 0 Å². The third kappa shape index (κ3) is 8.65. The fourth-order valence-electron chi connectivity index (χ4n) is 1.99. The van der Waals surface area contributed by atoms with E-state index in [2.05, 4.69) is 10.6 Å². The molecule has 0 saturated carbocycles. The zero-order valence-corrected chi connectivity index (χ0v) is 12.2. The first-order chi connectivity index (χ1) is 10.4. The number of hydrogen-bond donors (Lipinski definition) is 7. The molecule has 0 bridgehead atoms. The molecule has 1 rings (SSSR count). The Hall–Kier alpha value is -1.48. The number of nitrogens with two attached hydrogens (primary N) is 1. The van der Waals surface area contributed by atoms with Crippen molar-refractivity contribution in [3.8, 4) is 11.5 Å². The number of carboxylic acids is 1. The van der Waals surface area contributed by atoms with Crippen LogP contribution >= 0.6 is 0 Å². The van der Waals surface area contributed by atoms with E-state index in [1.807, 2.05) is 0 Å². The molecule has 1 aromatic carbocycles. The van der Waals surface area contributed by atoms with Crippen LogP contribution in [0, 0.1) is 5.41 Å². The molecule has 0 spiro atoms. The van der Waals surface area contributed by atoms with Crippen molar-refractivity contribution in [1.82, 2.24) is 10.6 Å². The first-order valence-electron chi connectivity index (χ1n) is 6.95. The van der Waals surface area contributed by atoms with Gasteiger partial charge in [0.2, 0.25) is 0 Å². The number of phenols is 2. The summed E-state index contributed by atoms with van der Waals surface area (Å²) >= 11 is 0. The molecule has 0 aliphatic heterocycles. The van der Waals surface area contributed by atoms with E-state index in [1.165, 1.54) is 12.1 Å². The minimum atomic E-state index is -0.947. The monoisotopic (exact) mass is 334 g/mol. The summed E-state index contributed by atoms with van der Waals surface area (Å²) in [6.45, 7) is 0.828. The standard InChI is InChI=1S/C14H22N4O4.Na.H/c15-14(16)18-6-1-2-11(13(21)22)17-7-5-9-3-4-10(19)8-12(9)20;;/h3-4,8,11,17,19-20H,1-2,5-7H2,(H,21,22)(H4,15,16,18);;/t11-;;/m0../s1. The third-order valence-electron chi connectivity index (χ3n) is 3.14. The molecule has 124 valence electrons. The van der Waals surface area contributed by atoms with E-state index >= 15 is 0 Å². The van der Waals surface area contributed by atoms with E-state index in [-0.39, 0.29) is 47.0 Å². The number of carboxylic acid groups (broad SMARTS) is 1. The van der Waals surface area contributed by atoms with Gasteiger partial charge in [-0.05, 0) is 30.9 Å². The van der Waals surface area contributed by atoms with Gasteiger partial charge in [0.1, 0.15) is 17.5 Å². The fourth-order valence-corrected chi connectivity index (χ4v) is 1.99. The molecule has 1 aromatic rings. The van der Waals surface area contributed by atoms with Crippen LogP contribution in [0.2, 0.25) is 0 Å². The number of guanidine groups is 1. The molecule has 9 heteroatoms. The van der Waals surface area contributed by atoms with Gasteiger partial charge >= 0.3 is 35.5 Å². The topological polar surface area (TPSA) is 152 Å². The zero-order chi connectivity index (χ0) is 16.5. The van der Waals surface area contributed by atoms with Gasteiger partial charge in [0.25, 0.3) is 0 Å². The summed E-state index contributed by atoms with van der Waals surface area (Å²) < 4.78 is 0. The molecule has 23 heavy (non-hydrogen) atoms. The van der Waals surface area contributed by atoms with Crippen molar-refractivity contribution in [3.63, 3.8) is 0 Å². The van der Waals surface area contributed by atoms with Gasteiger partial charge in [-0.15, -0.1) is 0 Å². The molecule has 0 amide bonds. The summed E-state index contributed by atoms with van der Waals surface area (Å²) in [7, 11) is 0. The molecular formula is C14H23N4NaO4. The molecule has 0 fully saturated rings. The van der Waals surface area contributed by atoms with Crippen LogP contribution < -0.4 is 16.4 Å². The number of phenolic OH excluding ortho intramolecular Hbond substituents is 2. The Labute approximate surface area is 156 Å². The fraction of sp³-hybridized carbons (Fsp3) is 0.429. The van der Waals surface area contributed by atoms with Gasteiger partial charge in [0, 0.05) is 19.2 Å². The molecule has 0 heterocycles. The maximum atomic E-state index is 11.1. The van der Waals surface area contributed by atoms with Crippen molar-refractivity contribution in [2.24, 2.45) is 5.73 Å². The predicted octanol–water partition coefficient (Wildman–Crippen LogP) is -0.702. The normalized spacial score (nSPS) is 11.3. The summed E-state index contributed by atoms with van der Waals surface area (Å²) in [4.78, 5) is 11.1. The number of aromatic hydroxyl groups is 2. The zero-order valence-electron chi connectivity index (χ0n) is 12.2. The van der Waals surface area contributed by atoms with Gasteiger partial charge < -0.3 is 31.7 Å². The average Bonchev–Trinajstić information content (AvgIpc) is 2.42. The quantitative estimate of drug-likeness (QED) is 0.136. The van der Waals surface area contributed by atoms with Crippen LogP contribution in [0.4, 0.5) is 0 Å². The Morgan fingerprint density at radius 1 is 1.30 bits per heavy atom. The molecule has 0 aliphatic rings. The summed E-state index contributed by atoms with van der Waals surface area (Å²) in [6, 6.07) is 3.61. The maximum absolute atomic E-state index is 11.1. The Morgan fingerprint density at radius 2 is 2.00 bits per heavy atom. The van der Waals surface area contributed by atoms with Crippen LogP contribution in [0.15, 0.2) is 18.2 Å². The van der Waals surface area contributed by atoms with Gasteiger partial charge in [-0.2, -0.15) is 0 Å². The Balaban J connectivity index is 0.00000484. The summed E-state index contributed by atoms with van der Waals surface area (Å²) in [5.41, 5.74) is 5.77. The van der Waals surface area contributed by atoms with Gasteiger partial charge in [-0.3, -0.25) is 10.2 Å². The first kappa shape index (κ1) is 21.5. The summed E-state index contributed by atoms with van der Waals surface area (Å²) in [5, 5.41) is 40.5. The molecule has 8 N–H and O–H groups in total. The number of rotatable bonds is 9. The van der Waals surface area contributed by atoms with Crippen LogP contribution in [0.3, 0.4) is 0 Å². The summed E-state index contributed by atoms with van der Waals surface area (Å²) in [6.07, 6.45) is 1.41. The van der Waals surface area contributed by atoms with Crippen molar-refractivity contribution in [3.05, 3.63) is 23.8 Å². The van der Waals surface area contributed by atoms with E-state index in [0.717, 1.165) is 0 Å². The predicted molar refractivity (Wildman–Crippen MR) is 89.2 cm³/mol. The second-order valence-electron chi connectivity index (χ2n) is 4.89. The van der Waals surface area contributed by atoms with E-state index in [4.69, 9.17) is 16.2 Å². The Kier molecular flexibility index (Phi) is 10.4. The van der Waals surface area contributed by atoms with Crippen molar-refractivity contribution in [1.29, 1.82) is 5.41 Å². The SMILES string of the molecule is N=C(N)NCCC[C@H](NCCc1ccc(O)cc1O)C(=O)O.[NaH]. The molecule has 0 radical (unpaired) electrons. The second-order valence-corrected chi connectivity index (χ2v) is 4.89. The van der Waals surface area contributed by atoms with Crippen molar-refractivity contribution < 1.29 is 20.1 Å². The Bertz CT molecular complexity index is 527. The Morgan fingerprint density at radius 3 is 2.57 bits per heavy atom. The number of nitrogens with one attached hydrogen (secondary N) is 3. The van der Waals surface area contributed by atoms with E-state index < -0.39 is 12.0 Å². The van der Waals surface area contributed by atoms with E-state index in [0.29, 0.717) is 37.9 Å². The van der Waals surface area contributed by atoms with Crippen LogP contribution in [-0.4, -0.2) is 75.9 Å². The number of hydrogen-bond acceptors (Lipinski definition) is 5. The molecule has 0 unspecified atom stereocenters. The second kappa shape index (κ2) is 11.1. The van der Waals surface area contributed by atoms with E-state index in [9.17, 15) is 15.0 Å². The van der Waals surface area contributed by atoms with Crippen LogP contribution in [0.1, 0.15) is 18.4 Å². The third-order valence-corrected chi connectivity index (χ3v) is 3.14.